The number of aliphatic carboxylic acids is 1. The lowest BCUT2D eigenvalue weighted by Crippen LogP contribution is -2.59. The second kappa shape index (κ2) is 8.98. The Bertz CT molecular complexity index is 723. The van der Waals surface area contributed by atoms with E-state index in [1.165, 1.54) is 12.8 Å². The van der Waals surface area contributed by atoms with Crippen molar-refractivity contribution >= 4 is 18.9 Å². The van der Waals surface area contributed by atoms with E-state index in [1.54, 1.807) is 0 Å². The van der Waals surface area contributed by atoms with Gasteiger partial charge in [-0.05, 0) is 98.7 Å². The van der Waals surface area contributed by atoms with Crippen LogP contribution >= 0.6 is 0 Å². The van der Waals surface area contributed by atoms with Gasteiger partial charge in [0.05, 0.1) is 0 Å². The van der Waals surface area contributed by atoms with E-state index in [0.29, 0.717) is 54.9 Å². The van der Waals surface area contributed by atoms with Crippen LogP contribution in [0.15, 0.2) is 0 Å². The third-order valence-corrected chi connectivity index (χ3v) is 10.7. The van der Waals surface area contributed by atoms with Crippen molar-refractivity contribution < 1.29 is 29.0 Å². The molecule has 0 heterocycles. The third kappa shape index (κ3) is 3.75. The first-order valence-corrected chi connectivity index (χ1v) is 12.7. The maximum atomic E-state index is 11.6. The molecular formula is C26H40O6. The van der Waals surface area contributed by atoms with E-state index in [4.69, 9.17) is 9.47 Å². The average molecular weight is 449 g/mol. The van der Waals surface area contributed by atoms with Gasteiger partial charge >= 0.3 is 5.97 Å². The van der Waals surface area contributed by atoms with Crippen LogP contribution in [0, 0.1) is 46.3 Å². The first-order valence-electron chi connectivity index (χ1n) is 12.7. The summed E-state index contributed by atoms with van der Waals surface area (Å²) >= 11 is 0. The number of hydrogen-bond acceptors (Lipinski definition) is 5. The average Bonchev–Trinajstić information content (AvgIpc) is 3.11. The second-order valence-electron chi connectivity index (χ2n) is 11.7. The predicted octanol–water partition coefficient (Wildman–Crippen LogP) is 4.84. The highest BCUT2D eigenvalue weighted by Crippen LogP contribution is 2.68. The van der Waals surface area contributed by atoms with Gasteiger partial charge in [0.2, 0.25) is 0 Å². The van der Waals surface area contributed by atoms with E-state index < -0.39 is 5.97 Å². The van der Waals surface area contributed by atoms with Crippen LogP contribution in [-0.4, -0.2) is 36.2 Å². The zero-order valence-corrected chi connectivity index (χ0v) is 19.8. The van der Waals surface area contributed by atoms with Crippen molar-refractivity contribution in [3.05, 3.63) is 0 Å². The Morgan fingerprint density at radius 1 is 1.03 bits per heavy atom. The van der Waals surface area contributed by atoms with Crippen LogP contribution in [0.5, 0.6) is 0 Å². The first-order chi connectivity index (χ1) is 15.3. The predicted molar refractivity (Wildman–Crippen MR) is 119 cm³/mol. The van der Waals surface area contributed by atoms with Crippen molar-refractivity contribution in [1.29, 1.82) is 0 Å². The smallest absolute Gasteiger partial charge is 0.303 e. The molecule has 4 aliphatic carbocycles. The fourth-order valence-electron chi connectivity index (χ4n) is 9.14. The summed E-state index contributed by atoms with van der Waals surface area (Å²) in [7, 11) is 0. The van der Waals surface area contributed by atoms with Crippen LogP contribution in [0.25, 0.3) is 0 Å². The standard InChI is InChI=1S/C26H40O6/c1-16(4-9-24(29)30)20-7-8-21-19-6-5-17-12-18(31-14-27)10-11-25(17,2)22(19)13-23(32-15-28)26(20,21)3/h14-23H,4-13H2,1-3H3,(H,29,30)/t16-,17+,18+,19-,20+,21-,22-,23-,25+,26-/m1/s1. The van der Waals surface area contributed by atoms with Crippen LogP contribution in [0.1, 0.15) is 85.0 Å². The van der Waals surface area contributed by atoms with Gasteiger partial charge in [-0.15, -0.1) is 0 Å². The van der Waals surface area contributed by atoms with Crippen molar-refractivity contribution in [2.24, 2.45) is 46.3 Å². The lowest BCUT2D eigenvalue weighted by Gasteiger charge is -2.62. The van der Waals surface area contributed by atoms with E-state index in [-0.39, 0.29) is 29.5 Å². The molecule has 0 unspecified atom stereocenters. The molecule has 4 saturated carbocycles. The lowest BCUT2D eigenvalue weighted by atomic mass is 9.43. The molecule has 0 saturated heterocycles. The number of rotatable bonds is 8. The summed E-state index contributed by atoms with van der Waals surface area (Å²) in [4.78, 5) is 33.6. The lowest BCUT2D eigenvalue weighted by molar-refractivity contribution is -0.190. The van der Waals surface area contributed by atoms with Gasteiger partial charge in [-0.1, -0.05) is 20.8 Å². The quantitative estimate of drug-likeness (QED) is 0.535. The Hall–Kier alpha value is -1.59. The maximum absolute atomic E-state index is 11.6. The second-order valence-corrected chi connectivity index (χ2v) is 11.7. The van der Waals surface area contributed by atoms with Gasteiger partial charge < -0.3 is 14.6 Å². The summed E-state index contributed by atoms with van der Waals surface area (Å²) in [6, 6.07) is 0. The van der Waals surface area contributed by atoms with E-state index in [2.05, 4.69) is 20.8 Å². The van der Waals surface area contributed by atoms with Crippen molar-refractivity contribution in [2.45, 2.75) is 97.2 Å². The monoisotopic (exact) mass is 448 g/mol. The SMILES string of the molecule is C[C@H](CCC(=O)O)[C@@H]1CC[C@@H]2[C@H]3CC[C@H]4C[C@@H](OC=O)CC[C@]4(C)[C@@H]3C[C@@H](OC=O)[C@@]21C. The highest BCUT2D eigenvalue weighted by molar-refractivity contribution is 5.66. The largest absolute Gasteiger partial charge is 0.481 e. The molecule has 6 nitrogen and oxygen atoms in total. The van der Waals surface area contributed by atoms with Gasteiger partial charge in [0.1, 0.15) is 12.2 Å². The van der Waals surface area contributed by atoms with Crippen LogP contribution in [0.2, 0.25) is 0 Å². The van der Waals surface area contributed by atoms with E-state index in [1.807, 2.05) is 0 Å². The summed E-state index contributed by atoms with van der Waals surface area (Å²) in [6.07, 6.45) is 9.29. The van der Waals surface area contributed by atoms with Gasteiger partial charge in [0.25, 0.3) is 12.9 Å². The molecular weight excluding hydrogens is 408 g/mol. The summed E-state index contributed by atoms with van der Waals surface area (Å²) in [5, 5.41) is 9.18. The molecule has 0 radical (unpaired) electrons. The van der Waals surface area contributed by atoms with Crippen molar-refractivity contribution in [2.75, 3.05) is 0 Å². The van der Waals surface area contributed by atoms with Gasteiger partial charge in [-0.3, -0.25) is 14.4 Å². The van der Waals surface area contributed by atoms with Crippen LogP contribution < -0.4 is 0 Å². The fraction of sp³-hybridized carbons (Fsp3) is 0.885. The molecule has 0 bridgehead atoms. The van der Waals surface area contributed by atoms with Crippen LogP contribution in [0.3, 0.4) is 0 Å². The molecule has 0 aromatic heterocycles. The molecule has 0 aliphatic heterocycles. The third-order valence-electron chi connectivity index (χ3n) is 10.7. The zero-order chi connectivity index (χ0) is 23.1. The minimum absolute atomic E-state index is 0.0453. The van der Waals surface area contributed by atoms with Crippen molar-refractivity contribution in [1.82, 2.24) is 0 Å². The molecule has 10 atom stereocenters. The number of carbonyl (C=O) groups is 3. The van der Waals surface area contributed by atoms with E-state index in [0.717, 1.165) is 38.5 Å². The first kappa shape index (κ1) is 23.6. The maximum Gasteiger partial charge on any atom is 0.303 e. The topological polar surface area (TPSA) is 89.9 Å². The van der Waals surface area contributed by atoms with E-state index >= 15 is 0 Å². The zero-order valence-electron chi connectivity index (χ0n) is 19.8. The number of carbonyl (C=O) groups excluding carboxylic acids is 2. The molecule has 6 heteroatoms. The van der Waals surface area contributed by atoms with Gasteiger partial charge in [0.15, 0.2) is 0 Å². The minimum atomic E-state index is -0.735. The molecule has 4 fully saturated rings. The highest BCUT2D eigenvalue weighted by atomic mass is 16.5. The molecule has 0 aromatic rings. The summed E-state index contributed by atoms with van der Waals surface area (Å²) in [5.74, 6) is 2.18. The highest BCUT2D eigenvalue weighted by Gasteiger charge is 2.64. The Morgan fingerprint density at radius 3 is 2.47 bits per heavy atom. The van der Waals surface area contributed by atoms with E-state index in [9.17, 15) is 19.5 Å². The summed E-state index contributed by atoms with van der Waals surface area (Å²) < 4.78 is 11.2. The number of carboxylic acid groups (broad SMARTS) is 1. The molecule has 4 aliphatic rings. The number of fused-ring (bicyclic) bond motifs is 5. The van der Waals surface area contributed by atoms with Crippen LogP contribution in [0.4, 0.5) is 0 Å². The molecule has 0 spiro atoms. The molecule has 0 amide bonds. The molecule has 4 rings (SSSR count). The normalized spacial score (nSPS) is 46.2. The number of ether oxygens (including phenoxy) is 2. The Morgan fingerprint density at radius 2 is 1.78 bits per heavy atom. The molecule has 180 valence electrons. The molecule has 1 N–H and O–H groups in total. The number of hydrogen-bond donors (Lipinski definition) is 1. The van der Waals surface area contributed by atoms with Gasteiger partial charge in [0, 0.05) is 11.8 Å². The Balaban J connectivity index is 1.59. The molecule has 32 heavy (non-hydrogen) atoms. The van der Waals surface area contributed by atoms with Gasteiger partial charge in [-0.25, -0.2) is 0 Å². The van der Waals surface area contributed by atoms with Crippen LogP contribution in [-0.2, 0) is 23.9 Å². The van der Waals surface area contributed by atoms with Crippen molar-refractivity contribution in [3.8, 4) is 0 Å². The van der Waals surface area contributed by atoms with Crippen molar-refractivity contribution in [3.63, 3.8) is 0 Å². The minimum Gasteiger partial charge on any atom is -0.481 e. The molecule has 0 aromatic carbocycles. The van der Waals surface area contributed by atoms with Gasteiger partial charge in [-0.2, -0.15) is 0 Å². The fourth-order valence-corrected chi connectivity index (χ4v) is 9.14. The summed E-state index contributed by atoms with van der Waals surface area (Å²) in [6.45, 7) is 8.21. The Kier molecular flexibility index (Phi) is 6.61. The summed E-state index contributed by atoms with van der Waals surface area (Å²) in [5.41, 5.74) is 0.117. The number of carboxylic acids is 1. The Labute approximate surface area is 191 Å².